The average Bonchev–Trinajstić information content (AvgIpc) is 4.01. The standard InChI is InChI=1S/C56H34N6O/c1-3-12-35(13-4-1)47-32-48(36-14-5-2-6-15-36)60-56(59-47)62-50-19-10-8-17-43(50)45-29-37(22-25-51(45)62)39-28-40(34-57-33-39)38-21-24-44-42-16-7-9-18-49(42)61(52(44)30-38)41-23-26-53-46(31-41)55-54(63-53)20-11-27-58-55/h1-34H. The van der Waals surface area contributed by atoms with Crippen molar-refractivity contribution in [3.63, 3.8) is 0 Å². The number of pyridine rings is 2. The Bertz CT molecular complexity index is 3860. The lowest BCUT2D eigenvalue weighted by Crippen LogP contribution is -2.03. The van der Waals surface area contributed by atoms with Crippen LogP contribution >= 0.6 is 0 Å². The molecule has 0 bridgehead atoms. The van der Waals surface area contributed by atoms with Crippen molar-refractivity contribution in [1.82, 2.24) is 29.1 Å². The Labute approximate surface area is 360 Å². The third kappa shape index (κ3) is 5.67. The third-order valence-corrected chi connectivity index (χ3v) is 12.3. The summed E-state index contributed by atoms with van der Waals surface area (Å²) in [5.41, 5.74) is 15.9. The lowest BCUT2D eigenvalue weighted by molar-refractivity contribution is 0.668. The van der Waals surface area contributed by atoms with Gasteiger partial charge in [0.25, 0.3) is 0 Å². The minimum absolute atomic E-state index is 0.625. The number of aromatic nitrogens is 6. The van der Waals surface area contributed by atoms with Gasteiger partial charge in [-0.25, -0.2) is 9.97 Å². The smallest absolute Gasteiger partial charge is 0.235 e. The van der Waals surface area contributed by atoms with Gasteiger partial charge in [-0.2, -0.15) is 0 Å². The first kappa shape index (κ1) is 35.1. The molecular formula is C56H34N6O. The molecule has 0 aliphatic carbocycles. The van der Waals surface area contributed by atoms with Crippen LogP contribution < -0.4 is 0 Å². The number of rotatable bonds is 6. The Morgan fingerprint density at radius 2 is 0.984 bits per heavy atom. The molecule has 294 valence electrons. The Balaban J connectivity index is 0.937. The highest BCUT2D eigenvalue weighted by Gasteiger charge is 2.19. The van der Waals surface area contributed by atoms with E-state index in [1.165, 1.54) is 10.8 Å². The highest BCUT2D eigenvalue weighted by atomic mass is 16.3. The van der Waals surface area contributed by atoms with Gasteiger partial charge in [-0.05, 0) is 83.9 Å². The lowest BCUT2D eigenvalue weighted by Gasteiger charge is -2.12. The van der Waals surface area contributed by atoms with Gasteiger partial charge in [0, 0.05) is 73.5 Å². The molecule has 0 N–H and O–H groups in total. The van der Waals surface area contributed by atoms with E-state index in [-0.39, 0.29) is 0 Å². The third-order valence-electron chi connectivity index (χ3n) is 12.3. The van der Waals surface area contributed by atoms with Crippen molar-refractivity contribution in [1.29, 1.82) is 0 Å². The molecular weight excluding hydrogens is 773 g/mol. The van der Waals surface area contributed by atoms with Crippen molar-refractivity contribution in [3.8, 4) is 56.4 Å². The highest BCUT2D eigenvalue weighted by Crippen LogP contribution is 2.39. The zero-order valence-corrected chi connectivity index (χ0v) is 33.7. The van der Waals surface area contributed by atoms with Gasteiger partial charge < -0.3 is 8.98 Å². The quantitative estimate of drug-likeness (QED) is 0.167. The molecule has 13 aromatic rings. The highest BCUT2D eigenvalue weighted by molar-refractivity contribution is 6.12. The molecule has 0 atom stereocenters. The minimum Gasteiger partial charge on any atom is -0.454 e. The molecule has 0 amide bonds. The normalized spacial score (nSPS) is 11.8. The monoisotopic (exact) mass is 806 g/mol. The van der Waals surface area contributed by atoms with Gasteiger partial charge in [-0.3, -0.25) is 14.5 Å². The van der Waals surface area contributed by atoms with Crippen LogP contribution in [-0.2, 0) is 0 Å². The second-order valence-electron chi connectivity index (χ2n) is 15.9. The van der Waals surface area contributed by atoms with Crippen LogP contribution in [0.4, 0.5) is 0 Å². The lowest BCUT2D eigenvalue weighted by atomic mass is 9.99. The van der Waals surface area contributed by atoms with Crippen LogP contribution in [0.2, 0.25) is 0 Å². The van der Waals surface area contributed by atoms with Crippen LogP contribution in [0.5, 0.6) is 0 Å². The van der Waals surface area contributed by atoms with E-state index >= 15 is 0 Å². The maximum atomic E-state index is 6.14. The summed E-state index contributed by atoms with van der Waals surface area (Å²) in [5, 5.41) is 5.62. The average molecular weight is 807 g/mol. The van der Waals surface area contributed by atoms with E-state index in [0.29, 0.717) is 5.95 Å². The molecule has 6 heterocycles. The molecule has 0 aliphatic heterocycles. The summed E-state index contributed by atoms with van der Waals surface area (Å²) in [4.78, 5) is 19.9. The number of nitrogens with zero attached hydrogens (tertiary/aromatic N) is 6. The zero-order chi connectivity index (χ0) is 41.4. The van der Waals surface area contributed by atoms with E-state index in [9.17, 15) is 0 Å². The fourth-order valence-corrected chi connectivity index (χ4v) is 9.32. The molecule has 7 aromatic carbocycles. The van der Waals surface area contributed by atoms with Crippen LogP contribution in [0.3, 0.4) is 0 Å². The molecule has 0 fully saturated rings. The van der Waals surface area contributed by atoms with E-state index in [2.05, 4.69) is 154 Å². The van der Waals surface area contributed by atoms with Crippen molar-refractivity contribution in [2.45, 2.75) is 0 Å². The summed E-state index contributed by atoms with van der Waals surface area (Å²) in [6, 6.07) is 65.7. The van der Waals surface area contributed by atoms with Crippen LogP contribution in [0.15, 0.2) is 211 Å². The molecule has 0 unspecified atom stereocenters. The molecule has 13 rings (SSSR count). The van der Waals surface area contributed by atoms with Crippen molar-refractivity contribution < 1.29 is 4.42 Å². The number of benzene rings is 7. The Morgan fingerprint density at radius 3 is 1.73 bits per heavy atom. The number of furan rings is 1. The molecule has 0 radical (unpaired) electrons. The molecule has 0 spiro atoms. The second kappa shape index (κ2) is 13.9. The van der Waals surface area contributed by atoms with Gasteiger partial charge in [-0.15, -0.1) is 0 Å². The first-order chi connectivity index (χ1) is 31.2. The maximum absolute atomic E-state index is 6.14. The minimum atomic E-state index is 0.625. The van der Waals surface area contributed by atoms with E-state index in [4.69, 9.17) is 19.4 Å². The molecule has 0 saturated heterocycles. The Hall–Kier alpha value is -8.68. The first-order valence-corrected chi connectivity index (χ1v) is 21.0. The Kier molecular flexibility index (Phi) is 7.77. The zero-order valence-electron chi connectivity index (χ0n) is 33.7. The van der Waals surface area contributed by atoms with Gasteiger partial charge in [0.1, 0.15) is 11.1 Å². The Morgan fingerprint density at radius 1 is 0.365 bits per heavy atom. The van der Waals surface area contributed by atoms with E-state index in [1.807, 2.05) is 67.1 Å². The summed E-state index contributed by atoms with van der Waals surface area (Å²) < 4.78 is 10.7. The van der Waals surface area contributed by atoms with Gasteiger partial charge in [0.05, 0.1) is 33.5 Å². The summed E-state index contributed by atoms with van der Waals surface area (Å²) in [5.74, 6) is 0.625. The van der Waals surface area contributed by atoms with E-state index in [1.54, 1.807) is 0 Å². The molecule has 63 heavy (non-hydrogen) atoms. The molecule has 7 heteroatoms. The van der Waals surface area contributed by atoms with Gasteiger partial charge >= 0.3 is 0 Å². The molecule has 6 aromatic heterocycles. The van der Waals surface area contributed by atoms with Gasteiger partial charge in [0.2, 0.25) is 5.95 Å². The molecule has 0 aliphatic rings. The maximum Gasteiger partial charge on any atom is 0.235 e. The largest absolute Gasteiger partial charge is 0.454 e. The number of fused-ring (bicyclic) bond motifs is 9. The fourth-order valence-electron chi connectivity index (χ4n) is 9.32. The van der Waals surface area contributed by atoms with Crippen LogP contribution in [0.25, 0.3) is 122 Å². The molecule has 7 nitrogen and oxygen atoms in total. The van der Waals surface area contributed by atoms with Crippen molar-refractivity contribution in [2.75, 3.05) is 0 Å². The summed E-state index contributed by atoms with van der Waals surface area (Å²) in [6.45, 7) is 0. The number of para-hydroxylation sites is 2. The predicted octanol–water partition coefficient (Wildman–Crippen LogP) is 14.0. The summed E-state index contributed by atoms with van der Waals surface area (Å²) in [7, 11) is 0. The van der Waals surface area contributed by atoms with Crippen LogP contribution in [0, 0.1) is 0 Å². The van der Waals surface area contributed by atoms with Gasteiger partial charge in [-0.1, -0.05) is 115 Å². The number of hydrogen-bond acceptors (Lipinski definition) is 5. The summed E-state index contributed by atoms with van der Waals surface area (Å²) in [6.07, 6.45) is 5.73. The first-order valence-electron chi connectivity index (χ1n) is 21.0. The predicted molar refractivity (Wildman–Crippen MR) is 255 cm³/mol. The number of hydrogen-bond donors (Lipinski definition) is 0. The van der Waals surface area contributed by atoms with Crippen molar-refractivity contribution in [2.24, 2.45) is 0 Å². The SMILES string of the molecule is c1ccc(-c2cc(-c3ccccc3)nc(-n3c4ccccc4c4cc(-c5cncc(-c6ccc7c8ccccc8n(-c8ccc9oc%10cccnc%10c9c8)c7c6)c5)ccc43)n2)cc1. The van der Waals surface area contributed by atoms with Crippen molar-refractivity contribution in [3.05, 3.63) is 207 Å². The van der Waals surface area contributed by atoms with Crippen LogP contribution in [-0.4, -0.2) is 29.1 Å². The van der Waals surface area contributed by atoms with Crippen LogP contribution in [0.1, 0.15) is 0 Å². The van der Waals surface area contributed by atoms with E-state index < -0.39 is 0 Å². The molecule has 0 saturated carbocycles. The topological polar surface area (TPSA) is 74.6 Å². The van der Waals surface area contributed by atoms with E-state index in [0.717, 1.165) is 105 Å². The fraction of sp³-hybridized carbons (Fsp3) is 0. The second-order valence-corrected chi connectivity index (χ2v) is 15.9. The van der Waals surface area contributed by atoms with Gasteiger partial charge in [0.15, 0.2) is 5.58 Å². The van der Waals surface area contributed by atoms with Crippen molar-refractivity contribution >= 4 is 65.7 Å². The summed E-state index contributed by atoms with van der Waals surface area (Å²) >= 11 is 0.